The Morgan fingerprint density at radius 2 is 1.83 bits per heavy atom. The smallest absolute Gasteiger partial charge is 0.240 e. The lowest BCUT2D eigenvalue weighted by atomic mass is 10.1. The van der Waals surface area contributed by atoms with Crippen LogP contribution < -0.4 is 4.72 Å². The van der Waals surface area contributed by atoms with Gasteiger partial charge in [0.25, 0.3) is 0 Å². The monoisotopic (exact) mass is 343 g/mol. The van der Waals surface area contributed by atoms with Gasteiger partial charge in [-0.1, -0.05) is 42.8 Å². The molecule has 0 spiro atoms. The van der Waals surface area contributed by atoms with E-state index >= 15 is 0 Å². The Hall–Kier alpha value is -2.24. The Morgan fingerprint density at radius 1 is 1.12 bits per heavy atom. The van der Waals surface area contributed by atoms with E-state index in [1.807, 2.05) is 38.1 Å². The summed E-state index contributed by atoms with van der Waals surface area (Å²) in [5.74, 6) is -0.165. The molecule has 0 bridgehead atoms. The first-order valence-corrected chi connectivity index (χ1v) is 9.29. The highest BCUT2D eigenvalue weighted by atomic mass is 32.2. The number of carbonyl (C=O) groups excluding carboxylic acids is 1. The maximum atomic E-state index is 12.2. The fourth-order valence-corrected chi connectivity index (χ4v) is 3.29. The predicted molar refractivity (Wildman–Crippen MR) is 96.5 cm³/mol. The lowest BCUT2D eigenvalue weighted by Gasteiger charge is -2.05. The summed E-state index contributed by atoms with van der Waals surface area (Å²) in [5, 5.41) is 0. The molecule has 0 saturated carbocycles. The summed E-state index contributed by atoms with van der Waals surface area (Å²) in [6.07, 6.45) is 3.97. The third-order valence-electron chi connectivity index (χ3n) is 3.46. The molecule has 0 aliphatic heterocycles. The number of sulfonamides is 1. The number of hydrogen-bond acceptors (Lipinski definition) is 3. The van der Waals surface area contributed by atoms with Crippen LogP contribution in [0.2, 0.25) is 0 Å². The summed E-state index contributed by atoms with van der Waals surface area (Å²) >= 11 is 0. The zero-order chi connectivity index (χ0) is 17.6. The van der Waals surface area contributed by atoms with Gasteiger partial charge < -0.3 is 0 Å². The van der Waals surface area contributed by atoms with E-state index in [1.165, 1.54) is 30.3 Å². The summed E-state index contributed by atoms with van der Waals surface area (Å²) in [5.41, 5.74) is 2.53. The molecular formula is C19H21NO3S. The zero-order valence-corrected chi connectivity index (χ0v) is 14.6. The molecule has 0 aromatic heterocycles. The van der Waals surface area contributed by atoms with Gasteiger partial charge in [-0.05, 0) is 49.2 Å². The number of carbonyl (C=O) groups is 1. The van der Waals surface area contributed by atoms with Crippen molar-refractivity contribution in [3.63, 3.8) is 0 Å². The van der Waals surface area contributed by atoms with Crippen LogP contribution in [0.25, 0.3) is 6.08 Å². The molecule has 0 amide bonds. The summed E-state index contributed by atoms with van der Waals surface area (Å²) in [7, 11) is -3.50. The third-order valence-corrected chi connectivity index (χ3v) is 4.94. The molecule has 2 rings (SSSR count). The molecule has 5 heteroatoms. The minimum atomic E-state index is -3.50. The van der Waals surface area contributed by atoms with Gasteiger partial charge in [0, 0.05) is 12.1 Å². The quantitative estimate of drug-likeness (QED) is 0.617. The van der Waals surface area contributed by atoms with Crippen LogP contribution in [0.3, 0.4) is 0 Å². The molecule has 0 saturated heterocycles. The fraction of sp³-hybridized carbons (Fsp3) is 0.211. The lowest BCUT2D eigenvalue weighted by molar-refractivity contribution is 0.104. The van der Waals surface area contributed by atoms with Gasteiger partial charge in [0.15, 0.2) is 5.78 Å². The molecule has 126 valence electrons. The number of aryl methyl sites for hydroxylation is 1. The Bertz CT molecular complexity index is 837. The fourth-order valence-electron chi connectivity index (χ4n) is 2.16. The van der Waals surface area contributed by atoms with Crippen LogP contribution in [-0.4, -0.2) is 20.7 Å². The van der Waals surface area contributed by atoms with Crippen LogP contribution in [0.15, 0.2) is 59.5 Å². The van der Waals surface area contributed by atoms with Gasteiger partial charge in [0.2, 0.25) is 10.0 Å². The number of allylic oxidation sites excluding steroid dienone is 1. The van der Waals surface area contributed by atoms with E-state index in [1.54, 1.807) is 6.08 Å². The highest BCUT2D eigenvalue weighted by Gasteiger charge is 2.13. The maximum Gasteiger partial charge on any atom is 0.240 e. The molecule has 24 heavy (non-hydrogen) atoms. The van der Waals surface area contributed by atoms with Crippen LogP contribution in [0.5, 0.6) is 0 Å². The summed E-state index contributed by atoms with van der Waals surface area (Å²) in [6.45, 7) is 4.28. The third kappa shape index (κ3) is 4.88. The first-order chi connectivity index (χ1) is 11.4. The average molecular weight is 343 g/mol. The van der Waals surface area contributed by atoms with Crippen LogP contribution in [-0.2, 0) is 10.0 Å². The Balaban J connectivity index is 2.11. The second kappa shape index (κ2) is 8.04. The van der Waals surface area contributed by atoms with Gasteiger partial charge in [0.05, 0.1) is 4.90 Å². The van der Waals surface area contributed by atoms with Crippen LogP contribution in [0, 0.1) is 6.92 Å². The minimum absolute atomic E-state index is 0.162. The predicted octanol–water partition coefficient (Wildman–Crippen LogP) is 3.58. The summed E-state index contributed by atoms with van der Waals surface area (Å²) in [6, 6.07) is 13.8. The first-order valence-electron chi connectivity index (χ1n) is 7.81. The lowest BCUT2D eigenvalue weighted by Crippen LogP contribution is -2.24. The normalized spacial score (nSPS) is 11.8. The largest absolute Gasteiger partial charge is 0.289 e. The average Bonchev–Trinajstić information content (AvgIpc) is 2.58. The van der Waals surface area contributed by atoms with Gasteiger partial charge in [-0.15, -0.1) is 0 Å². The highest BCUT2D eigenvalue weighted by molar-refractivity contribution is 7.89. The van der Waals surface area contributed by atoms with Crippen molar-refractivity contribution in [2.75, 3.05) is 6.54 Å². The highest BCUT2D eigenvalue weighted by Crippen LogP contribution is 2.12. The van der Waals surface area contributed by atoms with E-state index in [0.717, 1.165) is 17.5 Å². The molecular weight excluding hydrogens is 322 g/mol. The van der Waals surface area contributed by atoms with E-state index < -0.39 is 10.0 Å². The van der Waals surface area contributed by atoms with Crippen molar-refractivity contribution in [2.24, 2.45) is 0 Å². The Kier molecular flexibility index (Phi) is 6.06. The second-order valence-electron chi connectivity index (χ2n) is 5.53. The zero-order valence-electron chi connectivity index (χ0n) is 13.8. The molecule has 0 aliphatic carbocycles. The number of hydrogen-bond donors (Lipinski definition) is 1. The summed E-state index contributed by atoms with van der Waals surface area (Å²) in [4.78, 5) is 12.3. The first kappa shape index (κ1) is 18.1. The van der Waals surface area contributed by atoms with Crippen molar-refractivity contribution >= 4 is 21.9 Å². The van der Waals surface area contributed by atoms with Crippen LogP contribution in [0.4, 0.5) is 0 Å². The molecule has 2 aromatic carbocycles. The SMILES string of the molecule is CCCNS(=O)(=O)c1ccc(C(=O)/C=C/c2cccc(C)c2)cc1. The Labute approximate surface area is 143 Å². The molecule has 0 fully saturated rings. The number of nitrogens with one attached hydrogen (secondary N) is 1. The molecule has 0 aliphatic rings. The van der Waals surface area contributed by atoms with Gasteiger partial charge >= 0.3 is 0 Å². The molecule has 0 radical (unpaired) electrons. The molecule has 0 unspecified atom stereocenters. The number of ketones is 1. The van der Waals surface area contributed by atoms with Crippen molar-refractivity contribution < 1.29 is 13.2 Å². The van der Waals surface area contributed by atoms with E-state index in [9.17, 15) is 13.2 Å². The minimum Gasteiger partial charge on any atom is -0.289 e. The van der Waals surface area contributed by atoms with E-state index in [0.29, 0.717) is 12.1 Å². The van der Waals surface area contributed by atoms with Crippen molar-refractivity contribution in [3.8, 4) is 0 Å². The van der Waals surface area contributed by atoms with Crippen molar-refractivity contribution in [1.29, 1.82) is 0 Å². The van der Waals surface area contributed by atoms with E-state index in [2.05, 4.69) is 4.72 Å². The molecule has 1 N–H and O–H groups in total. The standard InChI is InChI=1S/C19H21NO3S/c1-3-13-20-24(22,23)18-10-8-17(9-11-18)19(21)12-7-16-6-4-5-15(2)14-16/h4-12,14,20H,3,13H2,1-2H3/b12-7+. The van der Waals surface area contributed by atoms with E-state index in [4.69, 9.17) is 0 Å². The van der Waals surface area contributed by atoms with E-state index in [-0.39, 0.29) is 10.7 Å². The van der Waals surface area contributed by atoms with Gasteiger partial charge in [0.1, 0.15) is 0 Å². The maximum absolute atomic E-state index is 12.2. The van der Waals surface area contributed by atoms with Gasteiger partial charge in [-0.25, -0.2) is 13.1 Å². The van der Waals surface area contributed by atoms with Crippen molar-refractivity contribution in [3.05, 3.63) is 71.3 Å². The topological polar surface area (TPSA) is 63.2 Å². The van der Waals surface area contributed by atoms with Crippen LogP contribution >= 0.6 is 0 Å². The Morgan fingerprint density at radius 3 is 2.46 bits per heavy atom. The molecule has 2 aromatic rings. The van der Waals surface area contributed by atoms with Gasteiger partial charge in [-0.3, -0.25) is 4.79 Å². The van der Waals surface area contributed by atoms with Crippen molar-refractivity contribution in [1.82, 2.24) is 4.72 Å². The van der Waals surface area contributed by atoms with Gasteiger partial charge in [-0.2, -0.15) is 0 Å². The van der Waals surface area contributed by atoms with Crippen LogP contribution in [0.1, 0.15) is 34.8 Å². The number of rotatable bonds is 7. The molecule has 4 nitrogen and oxygen atoms in total. The molecule has 0 atom stereocenters. The summed E-state index contributed by atoms with van der Waals surface area (Å²) < 4.78 is 26.5. The number of benzene rings is 2. The second-order valence-corrected chi connectivity index (χ2v) is 7.30. The van der Waals surface area contributed by atoms with Crippen molar-refractivity contribution in [2.45, 2.75) is 25.2 Å². The molecule has 0 heterocycles.